The first-order valence-electron chi connectivity index (χ1n) is 3.88. The van der Waals surface area contributed by atoms with Gasteiger partial charge < -0.3 is 0 Å². The summed E-state index contributed by atoms with van der Waals surface area (Å²) >= 11 is 4.45. The molecule has 0 spiro atoms. The fraction of sp³-hybridized carbons (Fsp3) is 1.00. The zero-order chi connectivity index (χ0) is 6.85. The van der Waals surface area contributed by atoms with E-state index in [1.54, 1.807) is 0 Å². The van der Waals surface area contributed by atoms with Gasteiger partial charge in [0.1, 0.15) is 0 Å². The molecule has 0 aromatic rings. The van der Waals surface area contributed by atoms with Crippen molar-refractivity contribution in [1.82, 2.24) is 0 Å². The highest BCUT2D eigenvalue weighted by molar-refractivity contribution is 7.80. The van der Waals surface area contributed by atoms with Crippen molar-refractivity contribution in [1.29, 1.82) is 0 Å². The van der Waals surface area contributed by atoms with E-state index in [1.807, 2.05) is 0 Å². The van der Waals surface area contributed by atoms with Crippen molar-refractivity contribution >= 4 is 12.6 Å². The molecule has 2 unspecified atom stereocenters. The minimum absolute atomic E-state index is 0.706. The molecular weight excluding hydrogens is 128 g/mol. The van der Waals surface area contributed by atoms with Gasteiger partial charge in [-0.1, -0.05) is 13.8 Å². The maximum atomic E-state index is 4.45. The van der Waals surface area contributed by atoms with Crippen LogP contribution in [0.5, 0.6) is 0 Å². The molecule has 2 atom stereocenters. The van der Waals surface area contributed by atoms with E-state index >= 15 is 0 Å². The van der Waals surface area contributed by atoms with Crippen molar-refractivity contribution in [2.45, 2.75) is 38.4 Å². The zero-order valence-electron chi connectivity index (χ0n) is 6.30. The van der Waals surface area contributed by atoms with Gasteiger partial charge >= 0.3 is 0 Å². The Kier molecular flexibility index (Phi) is 2.45. The van der Waals surface area contributed by atoms with Crippen molar-refractivity contribution in [2.75, 3.05) is 0 Å². The van der Waals surface area contributed by atoms with Gasteiger partial charge in [-0.2, -0.15) is 12.6 Å². The third kappa shape index (κ3) is 1.89. The Morgan fingerprint density at radius 2 is 2.00 bits per heavy atom. The van der Waals surface area contributed by atoms with Gasteiger partial charge in [-0.05, 0) is 31.1 Å². The van der Waals surface area contributed by atoms with Gasteiger partial charge in [-0.25, -0.2) is 0 Å². The second-order valence-electron chi connectivity index (χ2n) is 3.47. The largest absolute Gasteiger partial charge is 0.176 e. The van der Waals surface area contributed by atoms with Crippen molar-refractivity contribution in [3.63, 3.8) is 0 Å². The van der Waals surface area contributed by atoms with E-state index in [2.05, 4.69) is 26.5 Å². The van der Waals surface area contributed by atoms with E-state index < -0.39 is 0 Å². The Balaban J connectivity index is 2.30. The molecule has 1 fully saturated rings. The quantitative estimate of drug-likeness (QED) is 0.537. The topological polar surface area (TPSA) is 0 Å². The second-order valence-corrected chi connectivity index (χ2v) is 4.20. The molecule has 0 aliphatic heterocycles. The lowest BCUT2D eigenvalue weighted by atomic mass is 9.95. The summed E-state index contributed by atoms with van der Waals surface area (Å²) in [5.74, 6) is 1.84. The normalized spacial score (nSPS) is 36.0. The van der Waals surface area contributed by atoms with Crippen LogP contribution in [0.25, 0.3) is 0 Å². The van der Waals surface area contributed by atoms with E-state index in [0.29, 0.717) is 5.25 Å². The summed E-state index contributed by atoms with van der Waals surface area (Å²) in [4.78, 5) is 0. The van der Waals surface area contributed by atoms with Crippen LogP contribution in [0.3, 0.4) is 0 Å². The first kappa shape index (κ1) is 7.46. The summed E-state index contributed by atoms with van der Waals surface area (Å²) in [6.45, 7) is 4.63. The lowest BCUT2D eigenvalue weighted by Crippen LogP contribution is -2.03. The molecule has 0 bridgehead atoms. The van der Waals surface area contributed by atoms with E-state index in [0.717, 1.165) is 11.8 Å². The van der Waals surface area contributed by atoms with Gasteiger partial charge in [0.05, 0.1) is 0 Å². The maximum absolute atomic E-state index is 4.45. The minimum Gasteiger partial charge on any atom is -0.176 e. The minimum atomic E-state index is 0.706. The molecule has 0 radical (unpaired) electrons. The van der Waals surface area contributed by atoms with E-state index in [9.17, 15) is 0 Å². The Hall–Kier alpha value is 0.350. The standard InChI is InChI=1S/C8H16S/c1-6(2)7-3-4-8(9)5-7/h6-9H,3-5H2,1-2H3. The Morgan fingerprint density at radius 1 is 1.33 bits per heavy atom. The van der Waals surface area contributed by atoms with Gasteiger partial charge in [0, 0.05) is 5.25 Å². The van der Waals surface area contributed by atoms with Crippen LogP contribution >= 0.6 is 12.6 Å². The smallest absolute Gasteiger partial charge is 0.00196 e. The van der Waals surface area contributed by atoms with Gasteiger partial charge in [-0.15, -0.1) is 0 Å². The molecule has 1 saturated carbocycles. The summed E-state index contributed by atoms with van der Waals surface area (Å²) in [7, 11) is 0. The van der Waals surface area contributed by atoms with Gasteiger partial charge in [0.2, 0.25) is 0 Å². The number of hydrogen-bond acceptors (Lipinski definition) is 1. The van der Waals surface area contributed by atoms with Crippen LogP contribution in [0, 0.1) is 11.8 Å². The van der Waals surface area contributed by atoms with Crippen molar-refractivity contribution in [3.8, 4) is 0 Å². The molecule has 1 rings (SSSR count). The molecule has 0 N–H and O–H groups in total. The third-order valence-electron chi connectivity index (χ3n) is 2.39. The lowest BCUT2D eigenvalue weighted by Gasteiger charge is -2.12. The molecule has 0 aromatic carbocycles. The Labute approximate surface area is 63.4 Å². The number of hydrogen-bond donors (Lipinski definition) is 1. The monoisotopic (exact) mass is 144 g/mol. The fourth-order valence-electron chi connectivity index (χ4n) is 1.60. The van der Waals surface area contributed by atoms with Crippen molar-refractivity contribution in [2.24, 2.45) is 11.8 Å². The summed E-state index contributed by atoms with van der Waals surface area (Å²) in [6, 6.07) is 0. The van der Waals surface area contributed by atoms with Gasteiger partial charge in [-0.3, -0.25) is 0 Å². The summed E-state index contributed by atoms with van der Waals surface area (Å²) in [5.41, 5.74) is 0. The second kappa shape index (κ2) is 2.96. The molecular formula is C8H16S. The maximum Gasteiger partial charge on any atom is 0.00196 e. The average molecular weight is 144 g/mol. The highest BCUT2D eigenvalue weighted by atomic mass is 32.1. The van der Waals surface area contributed by atoms with Crippen molar-refractivity contribution in [3.05, 3.63) is 0 Å². The predicted octanol–water partition coefficient (Wildman–Crippen LogP) is 2.74. The summed E-state index contributed by atoms with van der Waals surface area (Å²) < 4.78 is 0. The van der Waals surface area contributed by atoms with Crippen LogP contribution in [0.1, 0.15) is 33.1 Å². The Morgan fingerprint density at radius 3 is 2.22 bits per heavy atom. The highest BCUT2D eigenvalue weighted by Gasteiger charge is 2.23. The lowest BCUT2D eigenvalue weighted by molar-refractivity contribution is 0.397. The molecule has 0 heterocycles. The number of rotatable bonds is 1. The molecule has 1 aliphatic carbocycles. The van der Waals surface area contributed by atoms with Gasteiger partial charge in [0.15, 0.2) is 0 Å². The van der Waals surface area contributed by atoms with Crippen LogP contribution in [-0.2, 0) is 0 Å². The van der Waals surface area contributed by atoms with Crippen LogP contribution in [0.4, 0.5) is 0 Å². The third-order valence-corrected chi connectivity index (χ3v) is 2.86. The first-order chi connectivity index (χ1) is 4.20. The average Bonchev–Trinajstić information content (AvgIpc) is 2.14. The van der Waals surface area contributed by atoms with E-state index in [4.69, 9.17) is 0 Å². The summed E-state index contributed by atoms with van der Waals surface area (Å²) in [5, 5.41) is 0.706. The molecule has 1 aliphatic rings. The first-order valence-corrected chi connectivity index (χ1v) is 4.40. The van der Waals surface area contributed by atoms with Crippen LogP contribution < -0.4 is 0 Å². The fourth-order valence-corrected chi connectivity index (χ4v) is 2.02. The van der Waals surface area contributed by atoms with E-state index in [1.165, 1.54) is 19.3 Å². The molecule has 9 heavy (non-hydrogen) atoms. The van der Waals surface area contributed by atoms with Gasteiger partial charge in [0.25, 0.3) is 0 Å². The molecule has 0 saturated heterocycles. The van der Waals surface area contributed by atoms with Crippen molar-refractivity contribution < 1.29 is 0 Å². The molecule has 0 nitrogen and oxygen atoms in total. The highest BCUT2D eigenvalue weighted by Crippen LogP contribution is 2.33. The van der Waals surface area contributed by atoms with Crippen LogP contribution in [0.2, 0.25) is 0 Å². The molecule has 54 valence electrons. The molecule has 1 heteroatoms. The zero-order valence-corrected chi connectivity index (χ0v) is 7.20. The SMILES string of the molecule is CC(C)C1CCC(S)C1. The predicted molar refractivity (Wildman–Crippen MR) is 45.0 cm³/mol. The van der Waals surface area contributed by atoms with Crippen LogP contribution in [-0.4, -0.2) is 5.25 Å². The van der Waals surface area contributed by atoms with E-state index in [-0.39, 0.29) is 0 Å². The molecule has 0 aromatic heterocycles. The van der Waals surface area contributed by atoms with Crippen LogP contribution in [0.15, 0.2) is 0 Å². The number of thiol groups is 1. The summed E-state index contributed by atoms with van der Waals surface area (Å²) in [6.07, 6.45) is 4.10. The Bertz CT molecular complexity index is 88.6. The molecule has 0 amide bonds.